The highest BCUT2D eigenvalue weighted by molar-refractivity contribution is 5.79. The molecule has 0 atom stereocenters. The third-order valence-corrected chi connectivity index (χ3v) is 3.42. The summed E-state index contributed by atoms with van der Waals surface area (Å²) in [6.45, 7) is 0.485. The third-order valence-electron chi connectivity index (χ3n) is 3.42. The second-order valence-corrected chi connectivity index (χ2v) is 5.07. The molecule has 0 spiro atoms. The van der Waals surface area contributed by atoms with Gasteiger partial charge in [-0.3, -0.25) is 4.79 Å². The van der Waals surface area contributed by atoms with Crippen LogP contribution in [0.25, 0.3) is 22.3 Å². The topological polar surface area (TPSA) is 78.8 Å². The van der Waals surface area contributed by atoms with Gasteiger partial charge >= 0.3 is 0 Å². The van der Waals surface area contributed by atoms with Crippen LogP contribution in [0.3, 0.4) is 0 Å². The Labute approximate surface area is 133 Å². The second-order valence-electron chi connectivity index (χ2n) is 5.07. The highest BCUT2D eigenvalue weighted by atomic mass is 16.5. The summed E-state index contributed by atoms with van der Waals surface area (Å²) in [6, 6.07) is 16.7. The first-order chi connectivity index (χ1) is 11.3. The maximum atomic E-state index is 12.1. The molecule has 0 saturated carbocycles. The quantitative estimate of drug-likeness (QED) is 0.734. The molecule has 0 aliphatic heterocycles. The zero-order chi connectivity index (χ0) is 16.1. The third kappa shape index (κ3) is 3.38. The Bertz CT molecular complexity index is 925. The van der Waals surface area contributed by atoms with Crippen molar-refractivity contribution in [2.75, 3.05) is 6.61 Å². The SMILES string of the molecule is N#CCCCOc1cccc(-c2nc3ccccc3c(=O)[nH]2)c1. The van der Waals surface area contributed by atoms with Crippen LogP contribution in [0.5, 0.6) is 5.75 Å². The number of nitrogens with one attached hydrogen (secondary N) is 1. The monoisotopic (exact) mass is 305 g/mol. The fourth-order valence-electron chi connectivity index (χ4n) is 2.30. The summed E-state index contributed by atoms with van der Waals surface area (Å²) in [6.07, 6.45) is 1.16. The lowest BCUT2D eigenvalue weighted by molar-refractivity contribution is 0.313. The molecule has 0 radical (unpaired) electrons. The predicted molar refractivity (Wildman–Crippen MR) is 88.1 cm³/mol. The number of ether oxygens (including phenoxy) is 1. The minimum Gasteiger partial charge on any atom is -0.494 e. The number of fused-ring (bicyclic) bond motifs is 1. The van der Waals surface area contributed by atoms with Gasteiger partial charge in [0, 0.05) is 12.0 Å². The number of para-hydroxylation sites is 1. The number of aromatic nitrogens is 2. The van der Waals surface area contributed by atoms with Gasteiger partial charge in [0.05, 0.1) is 23.6 Å². The molecule has 3 rings (SSSR count). The number of H-pyrrole nitrogens is 1. The van der Waals surface area contributed by atoms with Crippen molar-refractivity contribution >= 4 is 10.9 Å². The molecule has 0 aliphatic carbocycles. The Morgan fingerprint density at radius 1 is 1.17 bits per heavy atom. The molecule has 1 aromatic heterocycles. The first-order valence-corrected chi connectivity index (χ1v) is 7.37. The van der Waals surface area contributed by atoms with E-state index in [0.717, 1.165) is 5.56 Å². The molecule has 1 heterocycles. The van der Waals surface area contributed by atoms with Crippen molar-refractivity contribution in [3.8, 4) is 23.2 Å². The van der Waals surface area contributed by atoms with Crippen LogP contribution in [0.15, 0.2) is 53.3 Å². The molecule has 0 unspecified atom stereocenters. The Morgan fingerprint density at radius 3 is 2.91 bits per heavy atom. The highest BCUT2D eigenvalue weighted by Gasteiger charge is 2.06. The number of aromatic amines is 1. The van der Waals surface area contributed by atoms with Gasteiger partial charge in [-0.05, 0) is 30.7 Å². The summed E-state index contributed by atoms with van der Waals surface area (Å²) in [5, 5.41) is 9.09. The Morgan fingerprint density at radius 2 is 2.04 bits per heavy atom. The van der Waals surface area contributed by atoms with Gasteiger partial charge in [-0.25, -0.2) is 4.98 Å². The average Bonchev–Trinajstić information content (AvgIpc) is 2.59. The van der Waals surface area contributed by atoms with E-state index in [1.807, 2.05) is 42.5 Å². The van der Waals surface area contributed by atoms with Crippen molar-refractivity contribution in [1.29, 1.82) is 5.26 Å². The Kier molecular flexibility index (Phi) is 4.34. The van der Waals surface area contributed by atoms with Gasteiger partial charge in [0.2, 0.25) is 0 Å². The van der Waals surface area contributed by atoms with Gasteiger partial charge in [0.25, 0.3) is 5.56 Å². The normalized spacial score (nSPS) is 10.4. The summed E-state index contributed by atoms with van der Waals surface area (Å²) in [7, 11) is 0. The summed E-state index contributed by atoms with van der Waals surface area (Å²) in [4.78, 5) is 19.5. The molecule has 0 fully saturated rings. The van der Waals surface area contributed by atoms with Crippen molar-refractivity contribution in [1.82, 2.24) is 9.97 Å². The largest absolute Gasteiger partial charge is 0.494 e. The van der Waals surface area contributed by atoms with E-state index in [1.165, 1.54) is 0 Å². The maximum Gasteiger partial charge on any atom is 0.259 e. The van der Waals surface area contributed by atoms with Crippen molar-refractivity contribution in [2.45, 2.75) is 12.8 Å². The molecule has 5 nitrogen and oxygen atoms in total. The summed E-state index contributed by atoms with van der Waals surface area (Å²) >= 11 is 0. The summed E-state index contributed by atoms with van der Waals surface area (Å²) in [5.41, 5.74) is 1.28. The Balaban J connectivity index is 1.90. The van der Waals surface area contributed by atoms with Crippen molar-refractivity contribution in [2.24, 2.45) is 0 Å². The van der Waals surface area contributed by atoms with Crippen LogP contribution in [-0.4, -0.2) is 16.6 Å². The van der Waals surface area contributed by atoms with Crippen LogP contribution >= 0.6 is 0 Å². The first kappa shape index (κ1) is 14.8. The molecule has 5 heteroatoms. The smallest absolute Gasteiger partial charge is 0.259 e. The number of nitrogens with zero attached hydrogens (tertiary/aromatic N) is 2. The van der Waals surface area contributed by atoms with Gasteiger partial charge in [0.1, 0.15) is 11.6 Å². The zero-order valence-corrected chi connectivity index (χ0v) is 12.5. The summed E-state index contributed by atoms with van der Waals surface area (Å²) < 4.78 is 5.62. The van der Waals surface area contributed by atoms with E-state index < -0.39 is 0 Å². The lowest BCUT2D eigenvalue weighted by Crippen LogP contribution is -2.09. The van der Waals surface area contributed by atoms with E-state index in [0.29, 0.717) is 41.9 Å². The molecule has 0 amide bonds. The number of unbranched alkanes of at least 4 members (excludes halogenated alkanes) is 1. The number of hydrogen-bond donors (Lipinski definition) is 1. The average molecular weight is 305 g/mol. The van der Waals surface area contributed by atoms with E-state index in [2.05, 4.69) is 16.0 Å². The summed E-state index contributed by atoms with van der Waals surface area (Å²) in [5.74, 6) is 1.20. The molecule has 0 aliphatic rings. The van der Waals surface area contributed by atoms with Crippen molar-refractivity contribution in [3.63, 3.8) is 0 Å². The van der Waals surface area contributed by atoms with E-state index in [9.17, 15) is 4.79 Å². The van der Waals surface area contributed by atoms with Crippen LogP contribution in [-0.2, 0) is 0 Å². The van der Waals surface area contributed by atoms with E-state index in [-0.39, 0.29) is 5.56 Å². The second kappa shape index (κ2) is 6.75. The van der Waals surface area contributed by atoms with Gasteiger partial charge in [-0.2, -0.15) is 5.26 Å². The molecule has 1 N–H and O–H groups in total. The van der Waals surface area contributed by atoms with Crippen LogP contribution in [0.1, 0.15) is 12.8 Å². The lowest BCUT2D eigenvalue weighted by Gasteiger charge is -2.07. The van der Waals surface area contributed by atoms with Crippen molar-refractivity contribution in [3.05, 3.63) is 58.9 Å². The minimum atomic E-state index is -0.161. The van der Waals surface area contributed by atoms with Crippen LogP contribution in [0.4, 0.5) is 0 Å². The number of nitriles is 1. The fourth-order valence-corrected chi connectivity index (χ4v) is 2.30. The molecule has 0 bridgehead atoms. The molecular weight excluding hydrogens is 290 g/mol. The standard InChI is InChI=1S/C18H15N3O2/c19-10-3-4-11-23-14-7-5-6-13(12-14)17-20-16-9-2-1-8-15(16)18(22)21-17/h1-2,5-9,12H,3-4,11H2,(H,20,21,22). The van der Waals surface area contributed by atoms with E-state index in [1.54, 1.807) is 6.07 Å². The van der Waals surface area contributed by atoms with E-state index in [4.69, 9.17) is 10.00 Å². The van der Waals surface area contributed by atoms with Gasteiger partial charge in [-0.1, -0.05) is 24.3 Å². The van der Waals surface area contributed by atoms with Gasteiger partial charge < -0.3 is 9.72 Å². The number of rotatable bonds is 5. The number of benzene rings is 2. The molecule has 2 aromatic carbocycles. The minimum absolute atomic E-state index is 0.161. The molecule has 0 saturated heterocycles. The predicted octanol–water partition coefficient (Wildman–Crippen LogP) is 3.27. The maximum absolute atomic E-state index is 12.1. The lowest BCUT2D eigenvalue weighted by atomic mass is 10.2. The molecule has 114 valence electrons. The first-order valence-electron chi connectivity index (χ1n) is 7.37. The van der Waals surface area contributed by atoms with E-state index >= 15 is 0 Å². The molecule has 3 aromatic rings. The van der Waals surface area contributed by atoms with Crippen LogP contribution < -0.4 is 10.3 Å². The zero-order valence-electron chi connectivity index (χ0n) is 12.5. The molecular formula is C18H15N3O2. The van der Waals surface area contributed by atoms with Crippen LogP contribution in [0, 0.1) is 11.3 Å². The van der Waals surface area contributed by atoms with Gasteiger partial charge in [0.15, 0.2) is 0 Å². The van der Waals surface area contributed by atoms with Gasteiger partial charge in [-0.15, -0.1) is 0 Å². The number of hydrogen-bond acceptors (Lipinski definition) is 4. The Hall–Kier alpha value is -3.13. The fraction of sp³-hybridized carbons (Fsp3) is 0.167. The van der Waals surface area contributed by atoms with Crippen LogP contribution in [0.2, 0.25) is 0 Å². The molecule has 23 heavy (non-hydrogen) atoms. The van der Waals surface area contributed by atoms with Crippen molar-refractivity contribution < 1.29 is 4.74 Å². The highest BCUT2D eigenvalue weighted by Crippen LogP contribution is 2.21.